The molecule has 0 aromatic heterocycles. The smallest absolute Gasteiger partial charge is 0.0626 e. The fourth-order valence-corrected chi connectivity index (χ4v) is 2.04. The summed E-state index contributed by atoms with van der Waals surface area (Å²) in [5.74, 6) is 0. The molecule has 0 N–H and O–H groups in total. The van der Waals surface area contributed by atoms with Gasteiger partial charge in [-0.25, -0.2) is 0 Å². The molecule has 0 atom stereocenters. The minimum absolute atomic E-state index is 0. The average Bonchev–Trinajstić information content (AvgIpc) is 2.02. The molecule has 0 unspecified atom stereocenters. The second-order valence-electron chi connectivity index (χ2n) is 4.25. The summed E-state index contributed by atoms with van der Waals surface area (Å²) in [4.78, 5) is 0. The van der Waals surface area contributed by atoms with Crippen molar-refractivity contribution in [3.8, 4) is 0 Å². The highest BCUT2D eigenvalue weighted by molar-refractivity contribution is 7.73. The lowest BCUT2D eigenvalue weighted by Gasteiger charge is -2.10. The molecule has 1 aromatic carbocycles. The van der Waals surface area contributed by atoms with Crippen LogP contribution < -0.4 is 17.0 Å². The van der Waals surface area contributed by atoms with Crippen LogP contribution in [0.3, 0.4) is 0 Å². The molecule has 0 saturated carbocycles. The standard InChI is InChI=1S/C11H18P.BrH/c1-12(2,3)10-9-11-7-5-4-6-8-11;/h4-8H,9-10H2,1-3H3;1H/q+1;/p-1. The van der Waals surface area contributed by atoms with E-state index in [1.165, 1.54) is 18.1 Å². The van der Waals surface area contributed by atoms with Crippen LogP contribution in [-0.4, -0.2) is 26.2 Å². The van der Waals surface area contributed by atoms with Gasteiger partial charge in [0.25, 0.3) is 0 Å². The van der Waals surface area contributed by atoms with Gasteiger partial charge in [-0.05, 0) is 5.56 Å². The maximum Gasteiger partial charge on any atom is 0.0626 e. The normalized spacial score (nSPS) is 10.7. The van der Waals surface area contributed by atoms with Crippen molar-refractivity contribution in [3.63, 3.8) is 0 Å². The maximum absolute atomic E-state index is 2.40. The Balaban J connectivity index is 0.00000144. The van der Waals surface area contributed by atoms with Crippen LogP contribution >= 0.6 is 7.26 Å². The van der Waals surface area contributed by atoms with E-state index >= 15 is 0 Å². The van der Waals surface area contributed by atoms with Crippen molar-refractivity contribution in [1.29, 1.82) is 0 Å². The van der Waals surface area contributed by atoms with E-state index in [1.807, 2.05) is 0 Å². The number of benzene rings is 1. The zero-order valence-electron chi connectivity index (χ0n) is 8.63. The largest absolute Gasteiger partial charge is 1.00 e. The molecular weight excluding hydrogens is 243 g/mol. The lowest BCUT2D eigenvalue weighted by atomic mass is 10.2. The van der Waals surface area contributed by atoms with Gasteiger partial charge in [0.15, 0.2) is 0 Å². The molecule has 1 aromatic rings. The average molecular weight is 261 g/mol. The topological polar surface area (TPSA) is 0 Å². The predicted octanol–water partition coefficient (Wildman–Crippen LogP) is 0.140. The first-order chi connectivity index (χ1) is 5.58. The predicted molar refractivity (Wildman–Crippen MR) is 59.7 cm³/mol. The highest BCUT2D eigenvalue weighted by atomic mass is 79.9. The minimum atomic E-state index is -0.581. The van der Waals surface area contributed by atoms with Gasteiger partial charge in [-0.2, -0.15) is 0 Å². The van der Waals surface area contributed by atoms with Crippen LogP contribution in [0, 0.1) is 0 Å². The van der Waals surface area contributed by atoms with Gasteiger partial charge in [-0.1, -0.05) is 30.3 Å². The van der Waals surface area contributed by atoms with Crippen molar-refractivity contribution < 1.29 is 17.0 Å². The van der Waals surface area contributed by atoms with Gasteiger partial charge in [-0.15, -0.1) is 0 Å². The van der Waals surface area contributed by atoms with Crippen LogP contribution in [0.5, 0.6) is 0 Å². The first kappa shape index (κ1) is 13.1. The summed E-state index contributed by atoms with van der Waals surface area (Å²) in [6.45, 7) is 7.20. The van der Waals surface area contributed by atoms with Crippen molar-refractivity contribution in [3.05, 3.63) is 35.9 Å². The molecule has 0 aliphatic carbocycles. The van der Waals surface area contributed by atoms with Gasteiger partial charge in [-0.3, -0.25) is 0 Å². The fraction of sp³-hybridized carbons (Fsp3) is 0.455. The van der Waals surface area contributed by atoms with Gasteiger partial charge in [0, 0.05) is 33.7 Å². The van der Waals surface area contributed by atoms with Gasteiger partial charge in [0.2, 0.25) is 0 Å². The van der Waals surface area contributed by atoms with E-state index in [0.29, 0.717) is 0 Å². The summed E-state index contributed by atoms with van der Waals surface area (Å²) < 4.78 is 0. The van der Waals surface area contributed by atoms with Crippen LogP contribution in [0.2, 0.25) is 0 Å². The summed E-state index contributed by atoms with van der Waals surface area (Å²) in [5.41, 5.74) is 1.48. The van der Waals surface area contributed by atoms with E-state index in [2.05, 4.69) is 50.3 Å². The Morgan fingerprint density at radius 3 is 2.00 bits per heavy atom. The molecule has 0 bridgehead atoms. The van der Waals surface area contributed by atoms with E-state index in [-0.39, 0.29) is 17.0 Å². The summed E-state index contributed by atoms with van der Waals surface area (Å²) in [6, 6.07) is 10.8. The number of hydrogen-bond donors (Lipinski definition) is 0. The zero-order chi connectivity index (χ0) is 9.03. The molecule has 0 amide bonds. The number of hydrogen-bond acceptors (Lipinski definition) is 0. The van der Waals surface area contributed by atoms with Gasteiger partial charge < -0.3 is 17.0 Å². The number of aryl methyl sites for hydroxylation is 1. The third-order valence-electron chi connectivity index (χ3n) is 1.91. The Morgan fingerprint density at radius 1 is 1.00 bits per heavy atom. The van der Waals surface area contributed by atoms with E-state index in [9.17, 15) is 0 Å². The lowest BCUT2D eigenvalue weighted by molar-refractivity contribution is -0.00000278. The molecule has 0 radical (unpaired) electrons. The zero-order valence-corrected chi connectivity index (χ0v) is 11.1. The molecule has 0 heterocycles. The van der Waals surface area contributed by atoms with E-state index < -0.39 is 7.26 Å². The van der Waals surface area contributed by atoms with Crippen LogP contribution in [0.15, 0.2) is 30.3 Å². The van der Waals surface area contributed by atoms with E-state index in [0.717, 1.165) is 0 Å². The van der Waals surface area contributed by atoms with Gasteiger partial charge in [0.1, 0.15) is 0 Å². The number of rotatable bonds is 3. The molecule has 0 spiro atoms. The molecule has 74 valence electrons. The Kier molecular flexibility index (Phi) is 5.83. The summed E-state index contributed by atoms with van der Waals surface area (Å²) >= 11 is 0. The highest BCUT2D eigenvalue weighted by Crippen LogP contribution is 2.46. The molecule has 0 fully saturated rings. The molecule has 2 heteroatoms. The molecule has 1 rings (SSSR count). The monoisotopic (exact) mass is 260 g/mol. The van der Waals surface area contributed by atoms with Crippen molar-refractivity contribution >= 4 is 7.26 Å². The van der Waals surface area contributed by atoms with Crippen LogP contribution in [0.4, 0.5) is 0 Å². The third-order valence-corrected chi connectivity index (χ3v) is 3.48. The Bertz CT molecular complexity index is 226. The lowest BCUT2D eigenvalue weighted by Crippen LogP contribution is -3.00. The molecule has 0 aliphatic heterocycles. The highest BCUT2D eigenvalue weighted by Gasteiger charge is 2.15. The van der Waals surface area contributed by atoms with Crippen molar-refractivity contribution in [2.24, 2.45) is 0 Å². The van der Waals surface area contributed by atoms with Crippen LogP contribution in [-0.2, 0) is 6.42 Å². The number of halogens is 1. The SMILES string of the molecule is C[P+](C)(C)CCc1ccccc1.[Br-]. The summed E-state index contributed by atoms with van der Waals surface area (Å²) in [6.07, 6.45) is 2.62. The summed E-state index contributed by atoms with van der Waals surface area (Å²) in [5, 5.41) is 0. The third kappa shape index (κ3) is 6.23. The van der Waals surface area contributed by atoms with E-state index in [1.54, 1.807) is 0 Å². The van der Waals surface area contributed by atoms with Crippen LogP contribution in [0.1, 0.15) is 5.56 Å². The van der Waals surface area contributed by atoms with Crippen molar-refractivity contribution in [2.45, 2.75) is 6.42 Å². The Hall–Kier alpha value is 0.130. The second kappa shape index (κ2) is 5.78. The molecular formula is C11H18BrP. The quantitative estimate of drug-likeness (QED) is 0.679. The Morgan fingerprint density at radius 2 is 1.54 bits per heavy atom. The van der Waals surface area contributed by atoms with Crippen LogP contribution in [0.25, 0.3) is 0 Å². The van der Waals surface area contributed by atoms with Gasteiger partial charge >= 0.3 is 0 Å². The van der Waals surface area contributed by atoms with Crippen molar-refractivity contribution in [2.75, 3.05) is 26.2 Å². The molecule has 13 heavy (non-hydrogen) atoms. The summed E-state index contributed by atoms with van der Waals surface area (Å²) in [7, 11) is -0.581. The molecule has 0 aliphatic rings. The van der Waals surface area contributed by atoms with Crippen molar-refractivity contribution in [1.82, 2.24) is 0 Å². The first-order valence-corrected chi connectivity index (χ1v) is 7.74. The molecule has 0 nitrogen and oxygen atoms in total. The minimum Gasteiger partial charge on any atom is -1.00 e. The first-order valence-electron chi connectivity index (χ1n) is 4.42. The Labute approximate surface area is 92.9 Å². The van der Waals surface area contributed by atoms with Gasteiger partial charge in [0.05, 0.1) is 6.16 Å². The van der Waals surface area contributed by atoms with E-state index in [4.69, 9.17) is 0 Å². The second-order valence-corrected chi connectivity index (χ2v) is 9.28. The molecule has 0 saturated heterocycles. The fourth-order valence-electron chi connectivity index (χ4n) is 1.11. The maximum atomic E-state index is 2.40.